The highest BCUT2D eigenvalue weighted by atomic mass is 16.8. The van der Waals surface area contributed by atoms with Gasteiger partial charge in [0, 0.05) is 13.1 Å². The maximum Gasteiger partial charge on any atom is 0.320 e. The molecule has 5 rings (SSSR count). The van der Waals surface area contributed by atoms with Crippen molar-refractivity contribution in [3.05, 3.63) is 54.6 Å². The number of aliphatic carboxylic acids is 1. The zero-order valence-corrected chi connectivity index (χ0v) is 20.0. The summed E-state index contributed by atoms with van der Waals surface area (Å²) in [6, 6.07) is 9.37. The van der Waals surface area contributed by atoms with Crippen LogP contribution in [0.2, 0.25) is 0 Å². The van der Waals surface area contributed by atoms with Crippen molar-refractivity contribution in [3.63, 3.8) is 0 Å². The van der Waals surface area contributed by atoms with Crippen LogP contribution in [0.4, 0.5) is 10.6 Å². The number of ether oxygens (including phenoxy) is 3. The number of nitrogens with zero attached hydrogens (tertiary/aromatic N) is 4. The number of fused-ring (bicyclic) bond motifs is 2. The Morgan fingerprint density at radius 3 is 2.70 bits per heavy atom. The number of hydrogen-bond acceptors (Lipinski definition) is 9. The lowest BCUT2D eigenvalue weighted by Crippen LogP contribution is -2.38. The highest BCUT2D eigenvalue weighted by Gasteiger charge is 2.53. The molecule has 4 N–H and O–H groups in total. The molecule has 0 aliphatic carbocycles. The van der Waals surface area contributed by atoms with Crippen molar-refractivity contribution < 1.29 is 28.9 Å². The molecule has 194 valence electrons. The summed E-state index contributed by atoms with van der Waals surface area (Å²) >= 11 is 0. The number of nitrogens with one attached hydrogen (secondary N) is 3. The summed E-state index contributed by atoms with van der Waals surface area (Å²) in [5.74, 6) is -0.709. The molecule has 1 aromatic carbocycles. The van der Waals surface area contributed by atoms with E-state index in [9.17, 15) is 9.59 Å². The molecular formula is C24H27N7O6. The molecule has 2 aliphatic rings. The van der Waals surface area contributed by atoms with Gasteiger partial charge in [-0.05, 0) is 18.6 Å². The van der Waals surface area contributed by atoms with Gasteiger partial charge in [0.15, 0.2) is 29.5 Å². The maximum atomic E-state index is 12.0. The van der Waals surface area contributed by atoms with Crippen LogP contribution in [0.5, 0.6) is 0 Å². The van der Waals surface area contributed by atoms with Gasteiger partial charge in [-0.1, -0.05) is 36.4 Å². The second-order valence-corrected chi connectivity index (χ2v) is 8.46. The van der Waals surface area contributed by atoms with E-state index in [1.807, 2.05) is 49.4 Å². The van der Waals surface area contributed by atoms with Gasteiger partial charge in [0.1, 0.15) is 24.6 Å². The molecule has 2 aromatic heterocycles. The molecule has 0 bridgehead atoms. The smallest absolute Gasteiger partial charge is 0.320 e. The SMILES string of the molecule is CCNC(=O)Nc1ncnc2c1ncn2C1OC(CNCC(=O)O)C2O[C@H](C=Cc3ccccc3)OC21. The lowest BCUT2D eigenvalue weighted by molar-refractivity contribution is -0.137. The van der Waals surface area contributed by atoms with Crippen molar-refractivity contribution in [1.82, 2.24) is 30.2 Å². The van der Waals surface area contributed by atoms with Crippen molar-refractivity contribution in [3.8, 4) is 0 Å². The van der Waals surface area contributed by atoms with Gasteiger partial charge in [0.05, 0.1) is 12.9 Å². The number of amides is 2. The van der Waals surface area contributed by atoms with E-state index in [2.05, 4.69) is 30.9 Å². The van der Waals surface area contributed by atoms with Crippen LogP contribution in [0.3, 0.4) is 0 Å². The summed E-state index contributed by atoms with van der Waals surface area (Å²) < 4.78 is 20.4. The second-order valence-electron chi connectivity index (χ2n) is 8.46. The Kier molecular flexibility index (Phi) is 7.37. The fourth-order valence-corrected chi connectivity index (χ4v) is 4.36. The van der Waals surface area contributed by atoms with E-state index in [1.165, 1.54) is 6.33 Å². The van der Waals surface area contributed by atoms with Crippen LogP contribution in [-0.2, 0) is 19.0 Å². The number of rotatable bonds is 9. The second kappa shape index (κ2) is 11.0. The third-order valence-electron chi connectivity index (χ3n) is 5.94. The largest absolute Gasteiger partial charge is 0.480 e. The Hall–Kier alpha value is -3.91. The zero-order valence-electron chi connectivity index (χ0n) is 20.0. The molecular weight excluding hydrogens is 482 g/mol. The van der Waals surface area contributed by atoms with E-state index in [-0.39, 0.29) is 18.9 Å². The number of anilines is 1. The molecule has 0 radical (unpaired) electrons. The molecule has 2 fully saturated rings. The van der Waals surface area contributed by atoms with Crippen LogP contribution in [0.1, 0.15) is 18.7 Å². The first-order chi connectivity index (χ1) is 18.0. The number of hydrogen-bond donors (Lipinski definition) is 4. The van der Waals surface area contributed by atoms with Crippen molar-refractivity contribution in [2.45, 2.75) is 37.8 Å². The molecule has 2 amide bonds. The van der Waals surface area contributed by atoms with Crippen molar-refractivity contribution in [2.24, 2.45) is 0 Å². The summed E-state index contributed by atoms with van der Waals surface area (Å²) in [6.45, 7) is 2.30. The fourth-order valence-electron chi connectivity index (χ4n) is 4.36. The molecule has 37 heavy (non-hydrogen) atoms. The van der Waals surface area contributed by atoms with Crippen molar-refractivity contribution in [2.75, 3.05) is 25.0 Å². The number of aromatic nitrogens is 4. The van der Waals surface area contributed by atoms with Gasteiger partial charge in [0.2, 0.25) is 0 Å². The van der Waals surface area contributed by atoms with E-state index in [4.69, 9.17) is 19.3 Å². The van der Waals surface area contributed by atoms with E-state index in [1.54, 1.807) is 10.9 Å². The van der Waals surface area contributed by atoms with Crippen LogP contribution in [0.15, 0.2) is 49.1 Å². The van der Waals surface area contributed by atoms with Crippen LogP contribution >= 0.6 is 0 Å². The molecule has 0 spiro atoms. The summed E-state index contributed by atoms with van der Waals surface area (Å²) in [5, 5.41) is 17.2. The van der Waals surface area contributed by atoms with Gasteiger partial charge in [-0.15, -0.1) is 0 Å². The lowest BCUT2D eigenvalue weighted by Gasteiger charge is -2.20. The Balaban J connectivity index is 1.39. The fraction of sp³-hybridized carbons (Fsp3) is 0.375. The molecule has 13 nitrogen and oxygen atoms in total. The number of carboxylic acids is 1. The average Bonchev–Trinajstić information content (AvgIpc) is 3.58. The summed E-state index contributed by atoms with van der Waals surface area (Å²) in [5.41, 5.74) is 1.83. The minimum atomic E-state index is -0.970. The van der Waals surface area contributed by atoms with Gasteiger partial charge in [-0.25, -0.2) is 19.7 Å². The van der Waals surface area contributed by atoms with E-state index in [0.29, 0.717) is 17.7 Å². The number of carbonyl (C=O) groups excluding carboxylic acids is 1. The molecule has 0 saturated carbocycles. The van der Waals surface area contributed by atoms with Crippen LogP contribution < -0.4 is 16.0 Å². The lowest BCUT2D eigenvalue weighted by atomic mass is 10.1. The van der Waals surface area contributed by atoms with Gasteiger partial charge in [-0.3, -0.25) is 14.7 Å². The third-order valence-corrected chi connectivity index (χ3v) is 5.94. The molecule has 3 aromatic rings. The number of carbonyl (C=O) groups is 2. The van der Waals surface area contributed by atoms with Crippen molar-refractivity contribution >= 4 is 35.1 Å². The number of benzene rings is 1. The van der Waals surface area contributed by atoms with Gasteiger partial charge in [0.25, 0.3) is 0 Å². The number of urea groups is 1. The van der Waals surface area contributed by atoms with Crippen LogP contribution in [-0.4, -0.2) is 80.9 Å². The summed E-state index contributed by atoms with van der Waals surface area (Å²) in [4.78, 5) is 35.9. The highest BCUT2D eigenvalue weighted by Crippen LogP contribution is 2.40. The summed E-state index contributed by atoms with van der Waals surface area (Å²) in [7, 11) is 0. The molecule has 2 aliphatic heterocycles. The van der Waals surface area contributed by atoms with Crippen LogP contribution in [0.25, 0.3) is 17.2 Å². The molecule has 5 atom stereocenters. The van der Waals surface area contributed by atoms with Gasteiger partial charge < -0.3 is 30.0 Å². The summed E-state index contributed by atoms with van der Waals surface area (Å²) in [6.07, 6.45) is 3.87. The standard InChI is InChI=1S/C24H27N7O6/c1-2-26-24(34)30-21-18-22(28-12-27-21)31(13-29-18)23-20-19(15(35-23)10-25-11-16(32)33)36-17(37-20)9-8-14-6-4-3-5-7-14/h3-9,12-13,15,17,19-20,23,25H,2,10-11H2,1H3,(H,32,33)(H2,26,27,28,30,34)/t15?,17-,19?,20?,23?/m0/s1. The van der Waals surface area contributed by atoms with E-state index >= 15 is 0 Å². The first kappa shape index (κ1) is 24.8. The predicted molar refractivity (Wildman–Crippen MR) is 131 cm³/mol. The molecule has 4 unspecified atom stereocenters. The Labute approximate surface area is 211 Å². The first-order valence-corrected chi connectivity index (χ1v) is 11.9. The molecule has 4 heterocycles. The third kappa shape index (κ3) is 5.44. The Bertz CT molecular complexity index is 1280. The van der Waals surface area contributed by atoms with E-state index < -0.39 is 42.8 Å². The first-order valence-electron chi connectivity index (χ1n) is 11.9. The number of imidazole rings is 1. The predicted octanol–water partition coefficient (Wildman–Crippen LogP) is 1.36. The van der Waals surface area contributed by atoms with Gasteiger partial charge in [-0.2, -0.15) is 0 Å². The Morgan fingerprint density at radius 2 is 1.92 bits per heavy atom. The minimum Gasteiger partial charge on any atom is -0.480 e. The normalized spacial score (nSPS) is 24.9. The Morgan fingerprint density at radius 1 is 1.11 bits per heavy atom. The monoisotopic (exact) mass is 509 g/mol. The number of carboxylic acid groups (broad SMARTS) is 1. The molecule has 2 saturated heterocycles. The maximum absolute atomic E-state index is 12.0. The van der Waals surface area contributed by atoms with E-state index in [0.717, 1.165) is 5.56 Å². The highest BCUT2D eigenvalue weighted by molar-refractivity contribution is 5.95. The molecule has 13 heteroatoms. The minimum absolute atomic E-state index is 0.212. The zero-order chi connectivity index (χ0) is 25.8. The quantitative estimate of drug-likeness (QED) is 0.331. The average molecular weight is 510 g/mol. The van der Waals surface area contributed by atoms with Gasteiger partial charge >= 0.3 is 12.0 Å². The van der Waals surface area contributed by atoms with Crippen LogP contribution in [0, 0.1) is 0 Å². The topological polar surface area (TPSA) is 162 Å². The van der Waals surface area contributed by atoms with Crippen molar-refractivity contribution in [1.29, 1.82) is 0 Å².